The van der Waals surface area contributed by atoms with E-state index in [0.29, 0.717) is 0 Å². The molecule has 0 fully saturated rings. The van der Waals surface area contributed by atoms with Crippen LogP contribution in [-0.4, -0.2) is 11.3 Å². The predicted octanol–water partition coefficient (Wildman–Crippen LogP) is 1.65. The molecule has 0 aliphatic rings. The second kappa shape index (κ2) is 3.92. The number of rotatable bonds is 0. The van der Waals surface area contributed by atoms with E-state index in [4.69, 9.17) is 0 Å². The molecule has 0 saturated carbocycles. The van der Waals surface area contributed by atoms with Gasteiger partial charge in [-0.1, -0.05) is 5.92 Å². The molecule has 0 bridgehead atoms. The van der Waals surface area contributed by atoms with Crippen LogP contribution in [0.5, 0.6) is 0 Å². The zero-order valence-corrected chi connectivity index (χ0v) is 6.80. The standard InChI is InChI=1S/C9H4F3NO/c10-9(11,12)8-3-4-13-6-7(8)2-1-5-14/h3-6H. The van der Waals surface area contributed by atoms with Crippen LogP contribution in [0.25, 0.3) is 0 Å². The summed E-state index contributed by atoms with van der Waals surface area (Å²) >= 11 is 0. The Labute approximate surface area is 77.8 Å². The van der Waals surface area contributed by atoms with E-state index in [1.807, 2.05) is 5.92 Å². The molecule has 0 radical (unpaired) electrons. The second-order valence-corrected chi connectivity index (χ2v) is 2.31. The van der Waals surface area contributed by atoms with Crippen molar-refractivity contribution in [2.75, 3.05) is 0 Å². The van der Waals surface area contributed by atoms with Crippen LogP contribution in [0, 0.1) is 11.8 Å². The smallest absolute Gasteiger partial charge is 0.289 e. The summed E-state index contributed by atoms with van der Waals surface area (Å²) < 4.78 is 36.9. The number of halogens is 3. The molecule has 0 aromatic carbocycles. The molecule has 5 heteroatoms. The van der Waals surface area contributed by atoms with Crippen LogP contribution in [0.15, 0.2) is 18.5 Å². The highest BCUT2D eigenvalue weighted by Crippen LogP contribution is 2.30. The van der Waals surface area contributed by atoms with Crippen molar-refractivity contribution in [2.24, 2.45) is 0 Å². The van der Waals surface area contributed by atoms with Crippen molar-refractivity contribution in [3.8, 4) is 11.8 Å². The minimum Gasteiger partial charge on any atom is -0.289 e. The van der Waals surface area contributed by atoms with Gasteiger partial charge in [-0.3, -0.25) is 9.78 Å². The summed E-state index contributed by atoms with van der Waals surface area (Å²) in [6, 6.07) is 0.814. The molecular formula is C9H4F3NO. The monoisotopic (exact) mass is 199 g/mol. The van der Waals surface area contributed by atoms with Gasteiger partial charge in [-0.15, -0.1) is 0 Å². The molecule has 0 aliphatic heterocycles. The largest absolute Gasteiger partial charge is 0.417 e. The first kappa shape index (κ1) is 10.3. The van der Waals surface area contributed by atoms with Gasteiger partial charge in [0.2, 0.25) is 0 Å². The Bertz CT molecular complexity index is 400. The molecule has 2 nitrogen and oxygen atoms in total. The van der Waals surface area contributed by atoms with E-state index in [9.17, 15) is 18.0 Å². The Morgan fingerprint density at radius 2 is 2.14 bits per heavy atom. The van der Waals surface area contributed by atoms with Gasteiger partial charge >= 0.3 is 6.18 Å². The van der Waals surface area contributed by atoms with E-state index in [2.05, 4.69) is 10.9 Å². The average molecular weight is 199 g/mol. The van der Waals surface area contributed by atoms with E-state index in [-0.39, 0.29) is 11.8 Å². The summed E-state index contributed by atoms with van der Waals surface area (Å²) in [6.07, 6.45) is -2.25. The number of nitrogens with zero attached hydrogens (tertiary/aromatic N) is 1. The van der Waals surface area contributed by atoms with E-state index in [1.165, 1.54) is 0 Å². The summed E-state index contributed by atoms with van der Waals surface area (Å²) in [7, 11) is 0. The third-order valence-electron chi connectivity index (χ3n) is 1.39. The maximum absolute atomic E-state index is 12.3. The van der Waals surface area contributed by atoms with E-state index < -0.39 is 11.7 Å². The van der Waals surface area contributed by atoms with Crippen LogP contribution >= 0.6 is 0 Å². The first-order valence-corrected chi connectivity index (χ1v) is 3.52. The minimum absolute atomic E-state index is 0.229. The van der Waals surface area contributed by atoms with Gasteiger partial charge < -0.3 is 0 Å². The van der Waals surface area contributed by atoms with Gasteiger partial charge in [0, 0.05) is 12.4 Å². The molecule has 1 rings (SSSR count). The number of hydrogen-bond donors (Lipinski definition) is 0. The summed E-state index contributed by atoms with van der Waals surface area (Å²) in [5.41, 5.74) is -1.19. The van der Waals surface area contributed by atoms with Gasteiger partial charge in [0.25, 0.3) is 0 Å². The molecule has 0 saturated heterocycles. The van der Waals surface area contributed by atoms with Gasteiger partial charge in [-0.2, -0.15) is 13.2 Å². The molecule has 0 amide bonds. The fraction of sp³-hybridized carbons (Fsp3) is 0.111. The van der Waals surface area contributed by atoms with Crippen LogP contribution < -0.4 is 0 Å². The summed E-state index contributed by atoms with van der Waals surface area (Å²) in [4.78, 5) is 13.4. The molecule has 0 atom stereocenters. The lowest BCUT2D eigenvalue weighted by atomic mass is 10.1. The molecule has 0 unspecified atom stereocenters. The Hall–Kier alpha value is -1.83. The van der Waals surface area contributed by atoms with Gasteiger partial charge in [-0.25, -0.2) is 0 Å². The molecular weight excluding hydrogens is 195 g/mol. The molecule has 1 aromatic heterocycles. The molecule has 1 heterocycles. The van der Waals surface area contributed by atoms with Crippen molar-refractivity contribution < 1.29 is 18.0 Å². The summed E-state index contributed by atoms with van der Waals surface area (Å²) in [5, 5.41) is 0. The second-order valence-electron chi connectivity index (χ2n) is 2.31. The summed E-state index contributed by atoms with van der Waals surface area (Å²) in [5.74, 6) is 3.98. The maximum Gasteiger partial charge on any atom is 0.417 e. The van der Waals surface area contributed by atoms with Crippen molar-refractivity contribution >= 4 is 6.29 Å². The number of alkyl halides is 3. The lowest BCUT2D eigenvalue weighted by Gasteiger charge is -2.07. The molecule has 0 spiro atoms. The first-order chi connectivity index (χ1) is 6.55. The van der Waals surface area contributed by atoms with Crippen LogP contribution in [0.1, 0.15) is 11.1 Å². The zero-order valence-electron chi connectivity index (χ0n) is 6.80. The highest BCUT2D eigenvalue weighted by atomic mass is 19.4. The third kappa shape index (κ3) is 2.33. The highest BCUT2D eigenvalue weighted by molar-refractivity contribution is 5.74. The number of hydrogen-bond acceptors (Lipinski definition) is 2. The molecule has 0 aliphatic carbocycles. The zero-order chi connectivity index (χ0) is 10.6. The number of carbonyl (C=O) groups excluding carboxylic acids is 1. The van der Waals surface area contributed by atoms with E-state index in [1.54, 1.807) is 0 Å². The normalized spacial score (nSPS) is 10.2. The number of carbonyl (C=O) groups is 1. The number of pyridine rings is 1. The molecule has 0 N–H and O–H groups in total. The average Bonchev–Trinajstić information content (AvgIpc) is 2.14. The molecule has 14 heavy (non-hydrogen) atoms. The van der Waals surface area contributed by atoms with Gasteiger partial charge in [0.15, 0.2) is 6.29 Å². The van der Waals surface area contributed by atoms with Crippen LogP contribution in [0.2, 0.25) is 0 Å². The van der Waals surface area contributed by atoms with Gasteiger partial charge in [0.1, 0.15) is 0 Å². The van der Waals surface area contributed by atoms with Crippen molar-refractivity contribution in [2.45, 2.75) is 6.18 Å². The maximum atomic E-state index is 12.3. The van der Waals surface area contributed by atoms with Crippen molar-refractivity contribution in [1.82, 2.24) is 4.98 Å². The molecule has 1 aromatic rings. The third-order valence-corrected chi connectivity index (χ3v) is 1.39. The summed E-state index contributed by atoms with van der Waals surface area (Å²) in [6.45, 7) is 0. The SMILES string of the molecule is O=CC#Cc1cnccc1C(F)(F)F. The van der Waals surface area contributed by atoms with Crippen LogP contribution in [0.3, 0.4) is 0 Å². The van der Waals surface area contributed by atoms with Gasteiger partial charge in [-0.05, 0) is 12.0 Å². The van der Waals surface area contributed by atoms with Crippen LogP contribution in [0.4, 0.5) is 13.2 Å². The van der Waals surface area contributed by atoms with E-state index in [0.717, 1.165) is 18.5 Å². The Balaban J connectivity index is 3.23. The Kier molecular flexibility index (Phi) is 2.87. The molecule has 72 valence electrons. The fourth-order valence-corrected chi connectivity index (χ4v) is 0.848. The first-order valence-electron chi connectivity index (χ1n) is 3.52. The lowest BCUT2D eigenvalue weighted by Crippen LogP contribution is -2.07. The predicted molar refractivity (Wildman–Crippen MR) is 42.2 cm³/mol. The van der Waals surface area contributed by atoms with Crippen molar-refractivity contribution in [3.05, 3.63) is 29.6 Å². The topological polar surface area (TPSA) is 30.0 Å². The Morgan fingerprint density at radius 1 is 1.43 bits per heavy atom. The lowest BCUT2D eigenvalue weighted by molar-refractivity contribution is -0.137. The van der Waals surface area contributed by atoms with Crippen LogP contribution in [-0.2, 0) is 11.0 Å². The Morgan fingerprint density at radius 3 is 2.71 bits per heavy atom. The quantitative estimate of drug-likeness (QED) is 0.469. The van der Waals surface area contributed by atoms with Crippen molar-refractivity contribution in [1.29, 1.82) is 0 Å². The van der Waals surface area contributed by atoms with Crippen molar-refractivity contribution in [3.63, 3.8) is 0 Å². The fourth-order valence-electron chi connectivity index (χ4n) is 0.848. The highest BCUT2D eigenvalue weighted by Gasteiger charge is 2.32. The van der Waals surface area contributed by atoms with E-state index >= 15 is 0 Å². The number of aromatic nitrogens is 1. The number of aldehydes is 1. The van der Waals surface area contributed by atoms with Gasteiger partial charge in [0.05, 0.1) is 11.1 Å². The minimum atomic E-state index is -4.48.